The molecule has 2 aliphatic rings. The van der Waals surface area contributed by atoms with E-state index in [9.17, 15) is 18.0 Å². The van der Waals surface area contributed by atoms with E-state index in [0.717, 1.165) is 25.9 Å². The molecule has 1 aromatic rings. The Kier molecular flexibility index (Phi) is 5.68. The molecule has 0 radical (unpaired) electrons. The number of alkyl halides is 3. The minimum Gasteiger partial charge on any atom is -0.314 e. The fourth-order valence-electron chi connectivity index (χ4n) is 3.15. The Labute approximate surface area is 140 Å². The molecule has 3 rings (SSSR count). The molecular formula is C18H21F3N2O. The third-order valence-electron chi connectivity index (χ3n) is 4.58. The number of hydrogen-bond donors (Lipinski definition) is 1. The second-order valence-corrected chi connectivity index (χ2v) is 6.16. The van der Waals surface area contributed by atoms with Crippen molar-refractivity contribution < 1.29 is 18.0 Å². The van der Waals surface area contributed by atoms with E-state index in [2.05, 4.69) is 18.2 Å². The molecule has 1 aliphatic carbocycles. The average Bonchev–Trinajstić information content (AvgIpc) is 3.40. The van der Waals surface area contributed by atoms with Crippen LogP contribution in [0.15, 0.2) is 12.1 Å². The van der Waals surface area contributed by atoms with Crippen LogP contribution in [0.4, 0.5) is 13.2 Å². The Bertz CT molecular complexity index is 621. The number of nitrogens with zero attached hydrogens (tertiary/aromatic N) is 1. The lowest BCUT2D eigenvalue weighted by Gasteiger charge is -2.34. The Balaban J connectivity index is 0.00000100. The number of terminal acetylenes is 1. The summed E-state index contributed by atoms with van der Waals surface area (Å²) in [5, 5.41) is 3.20. The van der Waals surface area contributed by atoms with E-state index in [1.165, 1.54) is 6.07 Å². The fraction of sp³-hybridized carbons (Fsp3) is 0.500. The van der Waals surface area contributed by atoms with Crippen LogP contribution in [-0.2, 0) is 6.18 Å². The van der Waals surface area contributed by atoms with Gasteiger partial charge < -0.3 is 5.32 Å². The molecule has 0 aromatic heterocycles. The fourth-order valence-corrected chi connectivity index (χ4v) is 3.15. The maximum atomic E-state index is 13.4. The van der Waals surface area contributed by atoms with Crippen molar-refractivity contribution >= 4 is 6.29 Å². The molecule has 1 aromatic carbocycles. The van der Waals surface area contributed by atoms with Crippen LogP contribution in [0.3, 0.4) is 0 Å². The zero-order chi connectivity index (χ0) is 17.9. The number of carbonyl (C=O) groups excluding carboxylic acids is 1. The second kappa shape index (κ2) is 7.37. The first kappa shape index (κ1) is 18.5. The molecule has 2 fully saturated rings. The summed E-state index contributed by atoms with van der Waals surface area (Å²) < 4.78 is 40.1. The molecule has 1 unspecified atom stereocenters. The van der Waals surface area contributed by atoms with Gasteiger partial charge in [-0.3, -0.25) is 9.69 Å². The van der Waals surface area contributed by atoms with Crippen LogP contribution < -0.4 is 5.32 Å². The molecule has 0 amide bonds. The van der Waals surface area contributed by atoms with Crippen LogP contribution in [0.1, 0.15) is 51.8 Å². The van der Waals surface area contributed by atoms with Gasteiger partial charge in [0.25, 0.3) is 0 Å². The largest absolute Gasteiger partial charge is 0.417 e. The molecule has 1 atom stereocenters. The average molecular weight is 338 g/mol. The summed E-state index contributed by atoms with van der Waals surface area (Å²) in [5.74, 6) is 0.211. The van der Waals surface area contributed by atoms with Crippen molar-refractivity contribution in [3.63, 3.8) is 0 Å². The van der Waals surface area contributed by atoms with Gasteiger partial charge in [-0.25, -0.2) is 0 Å². The van der Waals surface area contributed by atoms with Gasteiger partial charge in [-0.15, -0.1) is 12.8 Å². The summed E-state index contributed by atoms with van der Waals surface area (Å²) in [6, 6.07) is 2.78. The minimum absolute atomic E-state index is 0.200. The highest BCUT2D eigenvalue weighted by Crippen LogP contribution is 2.44. The number of nitrogens with one attached hydrogen (secondary N) is 1. The first-order valence-corrected chi connectivity index (χ1v) is 7.86. The Morgan fingerprint density at radius 3 is 2.46 bits per heavy atom. The van der Waals surface area contributed by atoms with Gasteiger partial charge >= 0.3 is 6.18 Å². The molecule has 6 heteroatoms. The van der Waals surface area contributed by atoms with Crippen molar-refractivity contribution in [3.05, 3.63) is 34.4 Å². The molecule has 1 saturated carbocycles. The van der Waals surface area contributed by atoms with Gasteiger partial charge in [0.2, 0.25) is 0 Å². The van der Waals surface area contributed by atoms with E-state index in [1.54, 1.807) is 0 Å². The third kappa shape index (κ3) is 3.80. The highest BCUT2D eigenvalue weighted by atomic mass is 19.4. The van der Waals surface area contributed by atoms with E-state index < -0.39 is 11.7 Å². The Morgan fingerprint density at radius 2 is 1.96 bits per heavy atom. The number of halogens is 3. The number of carbonyl (C=O) groups is 1. The van der Waals surface area contributed by atoms with Crippen molar-refractivity contribution in [2.75, 3.05) is 26.7 Å². The summed E-state index contributed by atoms with van der Waals surface area (Å²) in [7, 11) is 1.89. The zero-order valence-electron chi connectivity index (χ0n) is 13.6. The standard InChI is InChI=1S/C16H19F3N2O.C2H2/c1-21-5-4-20-8-15(21)12-6-11(10-2-3-10)7-14(13(12)9-22)16(17,18)19;1-2/h6-7,9-10,15,20H,2-5,8H2,1H3;1-2H. The lowest BCUT2D eigenvalue weighted by molar-refractivity contribution is -0.138. The first-order chi connectivity index (χ1) is 11.4. The predicted octanol–water partition coefficient (Wildman–Crippen LogP) is 3.22. The molecule has 24 heavy (non-hydrogen) atoms. The summed E-state index contributed by atoms with van der Waals surface area (Å²) in [5.41, 5.74) is 0.214. The topological polar surface area (TPSA) is 32.3 Å². The number of likely N-dealkylation sites (N-methyl/N-ethyl adjacent to an activating group) is 1. The summed E-state index contributed by atoms with van der Waals surface area (Å²) in [6.45, 7) is 2.11. The number of hydrogen-bond acceptors (Lipinski definition) is 3. The van der Waals surface area contributed by atoms with Crippen molar-refractivity contribution in [2.24, 2.45) is 0 Å². The maximum Gasteiger partial charge on any atom is 0.417 e. The maximum absolute atomic E-state index is 13.4. The van der Waals surface area contributed by atoms with E-state index >= 15 is 0 Å². The predicted molar refractivity (Wildman–Crippen MR) is 86.9 cm³/mol. The van der Waals surface area contributed by atoms with Crippen molar-refractivity contribution in [3.8, 4) is 12.8 Å². The van der Waals surface area contributed by atoms with Crippen LogP contribution in [0.25, 0.3) is 0 Å². The van der Waals surface area contributed by atoms with E-state index in [4.69, 9.17) is 0 Å². The van der Waals surface area contributed by atoms with Crippen LogP contribution in [0.5, 0.6) is 0 Å². The minimum atomic E-state index is -4.50. The number of aldehydes is 1. The van der Waals surface area contributed by atoms with Crippen LogP contribution in [0.2, 0.25) is 0 Å². The van der Waals surface area contributed by atoms with Crippen LogP contribution >= 0.6 is 0 Å². The van der Waals surface area contributed by atoms with E-state index in [-0.39, 0.29) is 17.5 Å². The summed E-state index contributed by atoms with van der Waals surface area (Å²) >= 11 is 0. The highest BCUT2D eigenvalue weighted by molar-refractivity contribution is 5.81. The van der Waals surface area contributed by atoms with E-state index in [0.29, 0.717) is 24.0 Å². The van der Waals surface area contributed by atoms with Crippen LogP contribution in [-0.4, -0.2) is 37.9 Å². The third-order valence-corrected chi connectivity index (χ3v) is 4.58. The lowest BCUT2D eigenvalue weighted by Crippen LogP contribution is -2.44. The molecule has 1 aliphatic heterocycles. The highest BCUT2D eigenvalue weighted by Gasteiger charge is 2.38. The quantitative estimate of drug-likeness (QED) is 0.678. The van der Waals surface area contributed by atoms with Crippen molar-refractivity contribution in [1.82, 2.24) is 10.2 Å². The molecule has 0 spiro atoms. The van der Waals surface area contributed by atoms with Gasteiger partial charge in [-0.1, -0.05) is 6.07 Å². The van der Waals surface area contributed by atoms with Crippen LogP contribution in [0, 0.1) is 12.8 Å². The van der Waals surface area contributed by atoms with Gasteiger partial charge in [-0.2, -0.15) is 13.2 Å². The van der Waals surface area contributed by atoms with Gasteiger partial charge in [0.15, 0.2) is 6.29 Å². The number of benzene rings is 1. The molecule has 1 saturated heterocycles. The SMILES string of the molecule is C#C.CN1CCNCC1c1cc(C2CC2)cc(C(F)(F)F)c1C=O. The Hall–Kier alpha value is -1.84. The smallest absolute Gasteiger partial charge is 0.314 e. The van der Waals surface area contributed by atoms with Gasteiger partial charge in [0, 0.05) is 31.2 Å². The molecule has 1 heterocycles. The lowest BCUT2D eigenvalue weighted by atomic mass is 9.90. The van der Waals surface area contributed by atoms with Gasteiger partial charge in [0.05, 0.1) is 5.56 Å². The van der Waals surface area contributed by atoms with E-state index in [1.807, 2.05) is 18.0 Å². The molecule has 3 nitrogen and oxygen atoms in total. The molecular weight excluding hydrogens is 317 g/mol. The van der Waals surface area contributed by atoms with Gasteiger partial charge in [0.1, 0.15) is 0 Å². The van der Waals surface area contributed by atoms with Crippen molar-refractivity contribution in [2.45, 2.75) is 31.0 Å². The van der Waals surface area contributed by atoms with Crippen molar-refractivity contribution in [1.29, 1.82) is 0 Å². The second-order valence-electron chi connectivity index (χ2n) is 6.16. The first-order valence-electron chi connectivity index (χ1n) is 7.86. The normalized spacial score (nSPS) is 21.7. The molecule has 130 valence electrons. The Morgan fingerprint density at radius 1 is 1.29 bits per heavy atom. The monoisotopic (exact) mass is 338 g/mol. The summed E-state index contributed by atoms with van der Waals surface area (Å²) in [4.78, 5) is 13.4. The molecule has 1 N–H and O–H groups in total. The zero-order valence-corrected chi connectivity index (χ0v) is 13.6. The number of piperazine rings is 1. The van der Waals surface area contributed by atoms with Gasteiger partial charge in [-0.05, 0) is 43.0 Å². The number of rotatable bonds is 3. The molecule has 0 bridgehead atoms. The summed E-state index contributed by atoms with van der Waals surface area (Å²) in [6.07, 6.45) is 5.71.